The minimum Gasteiger partial charge on any atom is -0.399 e. The van der Waals surface area contributed by atoms with Crippen LogP contribution in [0.25, 0.3) is 0 Å². The number of carbonyl (C=O) groups is 1. The van der Waals surface area contributed by atoms with Crippen molar-refractivity contribution in [1.82, 2.24) is 9.80 Å². The maximum Gasteiger partial charge on any atom is 0.494 e. The van der Waals surface area contributed by atoms with Crippen molar-refractivity contribution in [3.05, 3.63) is 29.8 Å². The summed E-state index contributed by atoms with van der Waals surface area (Å²) in [7, 11) is 1.74. The molecule has 0 atom stereocenters. The molecule has 2 saturated heterocycles. The molecule has 0 aliphatic carbocycles. The van der Waals surface area contributed by atoms with Crippen LogP contribution in [0.2, 0.25) is 0 Å². The van der Waals surface area contributed by atoms with Crippen molar-refractivity contribution < 1.29 is 14.1 Å². The molecule has 6 heteroatoms. The van der Waals surface area contributed by atoms with Gasteiger partial charge >= 0.3 is 7.12 Å². The number of likely N-dealkylation sites (N-methyl/N-ethyl adjacent to an activating group) is 1. The van der Waals surface area contributed by atoms with Crippen molar-refractivity contribution in [2.24, 2.45) is 0 Å². The topological polar surface area (TPSA) is 42.0 Å². The summed E-state index contributed by atoms with van der Waals surface area (Å²) in [4.78, 5) is 16.7. The van der Waals surface area contributed by atoms with Gasteiger partial charge in [0, 0.05) is 26.2 Å². The van der Waals surface area contributed by atoms with E-state index in [0.29, 0.717) is 6.42 Å². The average Bonchev–Trinajstić information content (AvgIpc) is 2.76. The van der Waals surface area contributed by atoms with Crippen LogP contribution < -0.4 is 5.46 Å². The summed E-state index contributed by atoms with van der Waals surface area (Å²) in [5.41, 5.74) is 1.35. The molecular weight excluding hydrogens is 315 g/mol. The zero-order valence-electron chi connectivity index (χ0n) is 16.0. The van der Waals surface area contributed by atoms with Crippen molar-refractivity contribution >= 4 is 18.5 Å². The highest BCUT2D eigenvalue weighted by atomic mass is 16.7. The SMILES string of the molecule is CN1CCN(C(=O)Cc2ccc(B3OC(C)(C)C(C)(C)O3)cc2)CC1. The van der Waals surface area contributed by atoms with Crippen molar-refractivity contribution in [3.63, 3.8) is 0 Å². The van der Waals surface area contributed by atoms with Crippen LogP contribution in [0, 0.1) is 0 Å². The molecule has 1 aromatic rings. The lowest BCUT2D eigenvalue weighted by Gasteiger charge is -2.32. The van der Waals surface area contributed by atoms with E-state index < -0.39 is 0 Å². The van der Waals surface area contributed by atoms with Gasteiger partial charge in [-0.3, -0.25) is 4.79 Å². The molecule has 2 aliphatic rings. The van der Waals surface area contributed by atoms with E-state index in [1.54, 1.807) is 0 Å². The molecule has 2 aliphatic heterocycles. The molecule has 0 N–H and O–H groups in total. The monoisotopic (exact) mass is 344 g/mol. The van der Waals surface area contributed by atoms with Crippen LogP contribution in [0.3, 0.4) is 0 Å². The first-order valence-electron chi connectivity index (χ1n) is 9.09. The van der Waals surface area contributed by atoms with Crippen molar-refractivity contribution in [1.29, 1.82) is 0 Å². The van der Waals surface area contributed by atoms with Gasteiger partial charge in [-0.15, -0.1) is 0 Å². The second-order valence-corrected chi connectivity index (χ2v) is 8.19. The molecule has 0 unspecified atom stereocenters. The Kier molecular flexibility index (Phi) is 4.97. The van der Waals surface area contributed by atoms with E-state index in [-0.39, 0.29) is 24.2 Å². The lowest BCUT2D eigenvalue weighted by Crippen LogP contribution is -2.47. The molecule has 136 valence electrons. The number of carbonyl (C=O) groups excluding carboxylic acids is 1. The molecule has 2 fully saturated rings. The zero-order chi connectivity index (χ0) is 18.2. The van der Waals surface area contributed by atoms with Gasteiger partial charge in [-0.1, -0.05) is 24.3 Å². The smallest absolute Gasteiger partial charge is 0.399 e. The number of nitrogens with zero attached hydrogens (tertiary/aromatic N) is 2. The largest absolute Gasteiger partial charge is 0.494 e. The standard InChI is InChI=1S/C19H29BN2O3/c1-18(2)19(3,4)25-20(24-18)16-8-6-15(7-9-16)14-17(23)22-12-10-21(5)11-13-22/h6-9H,10-14H2,1-5H3. The van der Waals surface area contributed by atoms with Gasteiger partial charge in [0.2, 0.25) is 5.91 Å². The van der Waals surface area contributed by atoms with Crippen LogP contribution in [0.1, 0.15) is 33.3 Å². The summed E-state index contributed by atoms with van der Waals surface area (Å²) < 4.78 is 12.1. The van der Waals surface area contributed by atoms with Crippen LogP contribution in [0.5, 0.6) is 0 Å². The Hall–Kier alpha value is -1.37. The quantitative estimate of drug-likeness (QED) is 0.776. The van der Waals surface area contributed by atoms with Gasteiger partial charge in [-0.25, -0.2) is 0 Å². The number of piperazine rings is 1. The molecule has 3 rings (SSSR count). The van der Waals surface area contributed by atoms with Gasteiger partial charge in [-0.05, 0) is 45.8 Å². The lowest BCUT2D eigenvalue weighted by atomic mass is 9.79. The molecule has 0 bridgehead atoms. The van der Waals surface area contributed by atoms with E-state index in [1.807, 2.05) is 29.2 Å². The molecule has 0 aromatic heterocycles. The Labute approximate surface area is 151 Å². The molecule has 5 nitrogen and oxygen atoms in total. The molecular formula is C19H29BN2O3. The molecule has 0 radical (unpaired) electrons. The lowest BCUT2D eigenvalue weighted by molar-refractivity contribution is -0.132. The van der Waals surface area contributed by atoms with Crippen LogP contribution in [0.4, 0.5) is 0 Å². The second-order valence-electron chi connectivity index (χ2n) is 8.19. The van der Waals surface area contributed by atoms with Gasteiger partial charge in [0.1, 0.15) is 0 Å². The fourth-order valence-corrected chi connectivity index (χ4v) is 3.11. The highest BCUT2D eigenvalue weighted by Gasteiger charge is 2.51. The summed E-state index contributed by atoms with van der Waals surface area (Å²) in [5.74, 6) is 0.205. The molecule has 1 amide bonds. The maximum absolute atomic E-state index is 12.4. The normalized spacial score (nSPS) is 23.1. The van der Waals surface area contributed by atoms with Crippen molar-refractivity contribution in [3.8, 4) is 0 Å². The molecule has 25 heavy (non-hydrogen) atoms. The fraction of sp³-hybridized carbons (Fsp3) is 0.632. The van der Waals surface area contributed by atoms with Crippen LogP contribution in [-0.4, -0.2) is 67.3 Å². The fourth-order valence-electron chi connectivity index (χ4n) is 3.11. The highest BCUT2D eigenvalue weighted by molar-refractivity contribution is 6.62. The number of rotatable bonds is 3. The summed E-state index contributed by atoms with van der Waals surface area (Å²) >= 11 is 0. The van der Waals surface area contributed by atoms with E-state index in [0.717, 1.165) is 37.2 Å². The Balaban J connectivity index is 1.60. The third kappa shape index (κ3) is 3.91. The number of amides is 1. The van der Waals surface area contributed by atoms with Crippen LogP contribution in [-0.2, 0) is 20.5 Å². The van der Waals surface area contributed by atoms with Gasteiger partial charge in [0.05, 0.1) is 17.6 Å². The van der Waals surface area contributed by atoms with Crippen LogP contribution in [0.15, 0.2) is 24.3 Å². The van der Waals surface area contributed by atoms with E-state index in [2.05, 4.69) is 39.6 Å². The van der Waals surface area contributed by atoms with Crippen molar-refractivity contribution in [2.75, 3.05) is 33.2 Å². The number of hydrogen-bond donors (Lipinski definition) is 0. The minimum atomic E-state index is -0.354. The Morgan fingerprint density at radius 3 is 2.04 bits per heavy atom. The first-order valence-corrected chi connectivity index (χ1v) is 9.09. The summed E-state index contributed by atoms with van der Waals surface area (Å²) in [5, 5.41) is 0. The second kappa shape index (κ2) is 6.74. The minimum absolute atomic E-state index is 0.205. The zero-order valence-corrected chi connectivity index (χ0v) is 16.0. The van der Waals surface area contributed by atoms with Gasteiger partial charge in [0.25, 0.3) is 0 Å². The van der Waals surface area contributed by atoms with Gasteiger partial charge < -0.3 is 19.1 Å². The Morgan fingerprint density at radius 2 is 1.52 bits per heavy atom. The number of hydrogen-bond acceptors (Lipinski definition) is 4. The Morgan fingerprint density at radius 1 is 1.00 bits per heavy atom. The van der Waals surface area contributed by atoms with Gasteiger partial charge in [0.15, 0.2) is 0 Å². The maximum atomic E-state index is 12.4. The molecule has 0 spiro atoms. The third-order valence-electron chi connectivity index (χ3n) is 5.72. The molecule has 2 heterocycles. The molecule has 0 saturated carbocycles. The van der Waals surface area contributed by atoms with E-state index >= 15 is 0 Å². The van der Waals surface area contributed by atoms with E-state index in [1.165, 1.54) is 0 Å². The van der Waals surface area contributed by atoms with Crippen molar-refractivity contribution in [2.45, 2.75) is 45.3 Å². The summed E-state index contributed by atoms with van der Waals surface area (Å²) in [6.07, 6.45) is 0.452. The summed E-state index contributed by atoms with van der Waals surface area (Å²) in [6, 6.07) is 8.03. The summed E-state index contributed by atoms with van der Waals surface area (Å²) in [6.45, 7) is 11.8. The highest BCUT2D eigenvalue weighted by Crippen LogP contribution is 2.36. The van der Waals surface area contributed by atoms with E-state index in [4.69, 9.17) is 9.31 Å². The predicted octanol–water partition coefficient (Wildman–Crippen LogP) is 1.30. The Bertz CT molecular complexity index is 606. The molecule has 1 aromatic carbocycles. The van der Waals surface area contributed by atoms with E-state index in [9.17, 15) is 4.79 Å². The first-order chi connectivity index (χ1) is 11.7. The van der Waals surface area contributed by atoms with Gasteiger partial charge in [-0.2, -0.15) is 0 Å². The number of benzene rings is 1. The first kappa shape index (κ1) is 18.4. The average molecular weight is 344 g/mol. The van der Waals surface area contributed by atoms with Crippen LogP contribution >= 0.6 is 0 Å². The predicted molar refractivity (Wildman–Crippen MR) is 99.9 cm³/mol. The third-order valence-corrected chi connectivity index (χ3v) is 5.72.